The predicted molar refractivity (Wildman–Crippen MR) is 109 cm³/mol. The summed E-state index contributed by atoms with van der Waals surface area (Å²) in [5.41, 5.74) is 2.02. The highest BCUT2D eigenvalue weighted by atomic mass is 35.5. The quantitative estimate of drug-likeness (QED) is 0.558. The van der Waals surface area contributed by atoms with Crippen LogP contribution in [0, 0.1) is 0 Å². The summed E-state index contributed by atoms with van der Waals surface area (Å²) in [6, 6.07) is 24.7. The molecule has 0 unspecified atom stereocenters. The van der Waals surface area contributed by atoms with E-state index in [1.165, 1.54) is 0 Å². The van der Waals surface area contributed by atoms with Gasteiger partial charge in [-0.25, -0.2) is 0 Å². The molecule has 0 aliphatic heterocycles. The molecule has 3 aromatic carbocycles. The summed E-state index contributed by atoms with van der Waals surface area (Å²) in [6.45, 7) is 1.11. The van der Waals surface area contributed by atoms with Crippen molar-refractivity contribution in [3.05, 3.63) is 89.4 Å². The molecule has 0 aliphatic carbocycles. The Labute approximate surface area is 164 Å². The van der Waals surface area contributed by atoms with Gasteiger partial charge in [-0.05, 0) is 54.1 Å². The Kier molecular flexibility index (Phi) is 6.97. The van der Waals surface area contributed by atoms with Gasteiger partial charge in [0.25, 0.3) is 0 Å². The summed E-state index contributed by atoms with van der Waals surface area (Å²) in [6.07, 6.45) is -0.630. The van der Waals surface area contributed by atoms with Crippen molar-refractivity contribution in [2.24, 2.45) is 0 Å². The molecule has 0 radical (unpaired) electrons. The normalized spacial score (nSPS) is 11.6. The number of aliphatic hydroxyl groups is 1. The van der Waals surface area contributed by atoms with Crippen LogP contribution < -0.4 is 14.8 Å². The maximum Gasteiger partial charge on any atom is 0.120 e. The Hall–Kier alpha value is -2.69. The second kappa shape index (κ2) is 9.86. The summed E-state index contributed by atoms with van der Waals surface area (Å²) in [7, 11) is 0. The summed E-state index contributed by atoms with van der Waals surface area (Å²) in [5, 5.41) is 13.9. The first-order valence-corrected chi connectivity index (χ1v) is 9.14. The van der Waals surface area contributed by atoms with E-state index in [-0.39, 0.29) is 6.61 Å². The summed E-state index contributed by atoms with van der Waals surface area (Å²) >= 11 is 5.85. The minimum absolute atomic E-state index is 0.199. The van der Waals surface area contributed by atoms with Gasteiger partial charge >= 0.3 is 0 Å². The molecule has 0 amide bonds. The fourth-order valence-corrected chi connectivity index (χ4v) is 2.55. The lowest BCUT2D eigenvalue weighted by atomic mass is 10.2. The average Bonchev–Trinajstić information content (AvgIpc) is 2.72. The molecule has 0 saturated heterocycles. The van der Waals surface area contributed by atoms with Gasteiger partial charge in [0.1, 0.15) is 30.8 Å². The molecular weight excluding hydrogens is 362 g/mol. The van der Waals surface area contributed by atoms with E-state index in [0.717, 1.165) is 17.0 Å². The molecule has 5 heteroatoms. The first kappa shape index (κ1) is 19.1. The number of halogens is 1. The third-order valence-corrected chi connectivity index (χ3v) is 4.15. The Morgan fingerprint density at radius 1 is 0.815 bits per heavy atom. The number of hydrogen-bond acceptors (Lipinski definition) is 4. The lowest BCUT2D eigenvalue weighted by molar-refractivity contribution is 0.117. The highest BCUT2D eigenvalue weighted by molar-refractivity contribution is 6.30. The number of anilines is 1. The lowest BCUT2D eigenvalue weighted by Crippen LogP contribution is -2.26. The van der Waals surface area contributed by atoms with E-state index in [1.54, 1.807) is 12.1 Å². The van der Waals surface area contributed by atoms with Crippen LogP contribution in [0.15, 0.2) is 78.9 Å². The summed E-state index contributed by atoms with van der Waals surface area (Å²) in [5.74, 6) is 1.46. The molecule has 0 aromatic heterocycles. The number of ether oxygens (including phenoxy) is 2. The molecule has 3 rings (SSSR count). The zero-order chi connectivity index (χ0) is 18.9. The predicted octanol–water partition coefficient (Wildman–Crippen LogP) is 4.77. The molecule has 1 atom stereocenters. The van der Waals surface area contributed by atoms with Crippen LogP contribution >= 0.6 is 11.6 Å². The van der Waals surface area contributed by atoms with Crippen molar-refractivity contribution < 1.29 is 14.6 Å². The Morgan fingerprint density at radius 3 is 2.11 bits per heavy atom. The monoisotopic (exact) mass is 383 g/mol. The van der Waals surface area contributed by atoms with Gasteiger partial charge < -0.3 is 19.9 Å². The van der Waals surface area contributed by atoms with Crippen molar-refractivity contribution in [3.8, 4) is 11.5 Å². The van der Waals surface area contributed by atoms with E-state index < -0.39 is 6.10 Å². The SMILES string of the molecule is O[C@@H](CNc1ccc(Cl)cc1)COc1ccc(OCc2ccccc2)cc1. The molecule has 0 spiro atoms. The van der Waals surface area contributed by atoms with Crippen molar-refractivity contribution in [1.29, 1.82) is 0 Å². The average molecular weight is 384 g/mol. The van der Waals surface area contributed by atoms with Crippen molar-refractivity contribution in [2.75, 3.05) is 18.5 Å². The number of nitrogens with one attached hydrogen (secondary N) is 1. The Balaban J connectivity index is 1.39. The van der Waals surface area contributed by atoms with Crippen LogP contribution in [-0.4, -0.2) is 24.4 Å². The zero-order valence-electron chi connectivity index (χ0n) is 14.8. The van der Waals surface area contributed by atoms with Crippen LogP contribution in [0.3, 0.4) is 0 Å². The van der Waals surface area contributed by atoms with Gasteiger partial charge in [-0.1, -0.05) is 41.9 Å². The highest BCUT2D eigenvalue weighted by Crippen LogP contribution is 2.19. The molecule has 0 heterocycles. The molecule has 3 aromatic rings. The Morgan fingerprint density at radius 2 is 1.44 bits per heavy atom. The Bertz CT molecular complexity index is 807. The van der Waals surface area contributed by atoms with Gasteiger partial charge in [0.2, 0.25) is 0 Å². The molecule has 0 bridgehead atoms. The van der Waals surface area contributed by atoms with E-state index in [2.05, 4.69) is 5.32 Å². The minimum atomic E-state index is -0.630. The molecule has 140 valence electrons. The van der Waals surface area contributed by atoms with Gasteiger partial charge in [-0.3, -0.25) is 0 Å². The zero-order valence-corrected chi connectivity index (χ0v) is 15.6. The number of aliphatic hydroxyl groups excluding tert-OH is 1. The van der Waals surface area contributed by atoms with Crippen LogP contribution in [-0.2, 0) is 6.61 Å². The first-order chi connectivity index (χ1) is 13.2. The van der Waals surface area contributed by atoms with Crippen LogP contribution in [0.25, 0.3) is 0 Å². The molecule has 0 saturated carbocycles. The molecule has 4 nitrogen and oxygen atoms in total. The maximum atomic E-state index is 10.1. The number of rotatable bonds is 9. The van der Waals surface area contributed by atoms with Gasteiger partial charge in [-0.15, -0.1) is 0 Å². The maximum absolute atomic E-state index is 10.1. The third-order valence-electron chi connectivity index (χ3n) is 3.90. The third kappa shape index (κ3) is 6.51. The van der Waals surface area contributed by atoms with Crippen molar-refractivity contribution in [1.82, 2.24) is 0 Å². The van der Waals surface area contributed by atoms with Crippen LogP contribution in [0.5, 0.6) is 11.5 Å². The van der Waals surface area contributed by atoms with Gasteiger partial charge in [0.05, 0.1) is 0 Å². The minimum Gasteiger partial charge on any atom is -0.491 e. The van der Waals surface area contributed by atoms with E-state index >= 15 is 0 Å². The van der Waals surface area contributed by atoms with Crippen LogP contribution in [0.1, 0.15) is 5.56 Å². The van der Waals surface area contributed by atoms with Crippen LogP contribution in [0.4, 0.5) is 5.69 Å². The van der Waals surface area contributed by atoms with Crippen LogP contribution in [0.2, 0.25) is 5.02 Å². The fraction of sp³-hybridized carbons (Fsp3) is 0.182. The first-order valence-electron chi connectivity index (χ1n) is 8.76. The van der Waals surface area contributed by atoms with E-state index in [9.17, 15) is 5.11 Å². The molecule has 0 aliphatic rings. The highest BCUT2D eigenvalue weighted by Gasteiger charge is 2.06. The molecule has 27 heavy (non-hydrogen) atoms. The van der Waals surface area contributed by atoms with E-state index in [0.29, 0.717) is 23.9 Å². The van der Waals surface area contributed by atoms with Crippen molar-refractivity contribution in [2.45, 2.75) is 12.7 Å². The van der Waals surface area contributed by atoms with Crippen molar-refractivity contribution in [3.63, 3.8) is 0 Å². The van der Waals surface area contributed by atoms with E-state index in [4.69, 9.17) is 21.1 Å². The fourth-order valence-electron chi connectivity index (χ4n) is 2.43. The lowest BCUT2D eigenvalue weighted by Gasteiger charge is -2.14. The second-order valence-corrected chi connectivity index (χ2v) is 6.53. The summed E-state index contributed by atoms with van der Waals surface area (Å²) in [4.78, 5) is 0. The molecule has 2 N–H and O–H groups in total. The van der Waals surface area contributed by atoms with Gasteiger partial charge in [0.15, 0.2) is 0 Å². The number of hydrogen-bond donors (Lipinski definition) is 2. The summed E-state index contributed by atoms with van der Waals surface area (Å²) < 4.78 is 11.4. The topological polar surface area (TPSA) is 50.7 Å². The number of benzene rings is 3. The largest absolute Gasteiger partial charge is 0.491 e. The second-order valence-electron chi connectivity index (χ2n) is 6.10. The molecule has 0 fully saturated rings. The standard InChI is InChI=1S/C22H22ClNO3/c23-18-6-8-19(9-7-18)24-14-20(25)16-27-22-12-10-21(11-13-22)26-15-17-4-2-1-3-5-17/h1-13,20,24-25H,14-16H2/t20-/m0/s1. The smallest absolute Gasteiger partial charge is 0.120 e. The molecular formula is C22H22ClNO3. The van der Waals surface area contributed by atoms with Crippen molar-refractivity contribution >= 4 is 17.3 Å². The van der Waals surface area contributed by atoms with Gasteiger partial charge in [0, 0.05) is 17.3 Å². The van der Waals surface area contributed by atoms with E-state index in [1.807, 2.05) is 66.7 Å². The van der Waals surface area contributed by atoms with Gasteiger partial charge in [-0.2, -0.15) is 0 Å².